The van der Waals surface area contributed by atoms with Crippen LogP contribution < -0.4 is 10.6 Å². The minimum absolute atomic E-state index is 0.000858. The molecular formula is C15H19N3O2S2. The van der Waals surface area contributed by atoms with Crippen LogP contribution in [-0.2, 0) is 16.1 Å². The van der Waals surface area contributed by atoms with Gasteiger partial charge in [-0.05, 0) is 18.6 Å². The van der Waals surface area contributed by atoms with E-state index in [-0.39, 0.29) is 17.7 Å². The van der Waals surface area contributed by atoms with Crippen LogP contribution in [0.1, 0.15) is 32.1 Å². The first-order valence-electron chi connectivity index (χ1n) is 7.09. The summed E-state index contributed by atoms with van der Waals surface area (Å²) in [6.07, 6.45) is 0.807. The average molecular weight is 337 g/mol. The lowest BCUT2D eigenvalue weighted by Gasteiger charge is -2.06. The van der Waals surface area contributed by atoms with E-state index in [1.54, 1.807) is 11.3 Å². The van der Waals surface area contributed by atoms with E-state index in [1.165, 1.54) is 18.3 Å². The zero-order valence-electron chi connectivity index (χ0n) is 12.8. The first-order chi connectivity index (χ1) is 10.5. The Morgan fingerprint density at radius 3 is 2.82 bits per heavy atom. The molecule has 0 radical (unpaired) electrons. The first kappa shape index (κ1) is 16.6. The van der Waals surface area contributed by atoms with Crippen LogP contribution in [0.4, 0.5) is 5.13 Å². The highest BCUT2D eigenvalue weighted by Gasteiger charge is 2.13. The van der Waals surface area contributed by atoms with Gasteiger partial charge in [-0.25, -0.2) is 4.98 Å². The Morgan fingerprint density at radius 2 is 2.14 bits per heavy atom. The van der Waals surface area contributed by atoms with Gasteiger partial charge < -0.3 is 10.6 Å². The summed E-state index contributed by atoms with van der Waals surface area (Å²) in [5, 5.41) is 8.17. The molecule has 22 heavy (non-hydrogen) atoms. The molecule has 5 nitrogen and oxygen atoms in total. The Kier molecular flexibility index (Phi) is 5.68. The number of aromatic nitrogens is 1. The number of hydrogen-bond donors (Lipinski definition) is 2. The number of rotatable bonds is 6. The van der Waals surface area contributed by atoms with Gasteiger partial charge in [-0.15, -0.1) is 22.7 Å². The van der Waals surface area contributed by atoms with Crippen LogP contribution in [0.5, 0.6) is 0 Å². The molecule has 0 unspecified atom stereocenters. The van der Waals surface area contributed by atoms with Gasteiger partial charge >= 0.3 is 0 Å². The number of thiazole rings is 1. The summed E-state index contributed by atoms with van der Waals surface area (Å²) in [4.78, 5) is 29.3. The van der Waals surface area contributed by atoms with Crippen molar-refractivity contribution in [3.8, 4) is 10.6 Å². The van der Waals surface area contributed by atoms with Gasteiger partial charge in [-0.1, -0.05) is 13.8 Å². The number of thiophene rings is 1. The predicted molar refractivity (Wildman–Crippen MR) is 91.0 cm³/mol. The average Bonchev–Trinajstić information content (AvgIpc) is 3.12. The fraction of sp³-hybridized carbons (Fsp3) is 0.400. The van der Waals surface area contributed by atoms with E-state index in [4.69, 9.17) is 0 Å². The zero-order chi connectivity index (χ0) is 16.1. The maximum atomic E-state index is 11.9. The maximum absolute atomic E-state index is 11.9. The van der Waals surface area contributed by atoms with Gasteiger partial charge in [0.25, 0.3) is 0 Å². The van der Waals surface area contributed by atoms with E-state index in [2.05, 4.69) is 15.6 Å². The van der Waals surface area contributed by atoms with E-state index in [0.717, 1.165) is 21.9 Å². The number of anilines is 1. The van der Waals surface area contributed by atoms with Crippen molar-refractivity contribution in [2.75, 3.05) is 5.32 Å². The Hall–Kier alpha value is -1.73. The number of carbonyl (C=O) groups excluding carboxylic acids is 2. The summed E-state index contributed by atoms with van der Waals surface area (Å²) in [5.74, 6) is -0.0575. The molecule has 7 heteroatoms. The Balaban J connectivity index is 2.02. The molecule has 118 valence electrons. The van der Waals surface area contributed by atoms with Crippen molar-refractivity contribution in [3.63, 3.8) is 0 Å². The molecule has 2 rings (SSSR count). The second-order valence-corrected chi connectivity index (χ2v) is 7.04. The largest absolute Gasteiger partial charge is 0.351 e. The van der Waals surface area contributed by atoms with Gasteiger partial charge in [0.1, 0.15) is 0 Å². The van der Waals surface area contributed by atoms with Gasteiger partial charge in [0, 0.05) is 23.1 Å². The Labute approximate surface area is 137 Å². The molecule has 0 bridgehead atoms. The van der Waals surface area contributed by atoms with Crippen molar-refractivity contribution < 1.29 is 9.59 Å². The minimum Gasteiger partial charge on any atom is -0.351 e. The van der Waals surface area contributed by atoms with Gasteiger partial charge in [-0.3, -0.25) is 9.59 Å². The highest BCUT2D eigenvalue weighted by Crippen LogP contribution is 2.31. The second kappa shape index (κ2) is 7.51. The summed E-state index contributed by atoms with van der Waals surface area (Å²) < 4.78 is 0. The van der Waals surface area contributed by atoms with Crippen LogP contribution in [0, 0.1) is 5.92 Å². The van der Waals surface area contributed by atoms with E-state index >= 15 is 0 Å². The molecule has 0 aliphatic carbocycles. The zero-order valence-corrected chi connectivity index (χ0v) is 14.4. The molecule has 0 saturated carbocycles. The fourth-order valence-electron chi connectivity index (χ4n) is 1.68. The summed E-state index contributed by atoms with van der Waals surface area (Å²) in [6.45, 7) is 5.92. The molecular weight excluding hydrogens is 318 g/mol. The lowest BCUT2D eigenvalue weighted by molar-refractivity contribution is -0.120. The molecule has 2 aromatic rings. The number of nitrogens with one attached hydrogen (secondary N) is 2. The lowest BCUT2D eigenvalue weighted by atomic mass is 10.1. The maximum Gasteiger partial charge on any atom is 0.228 e. The van der Waals surface area contributed by atoms with Gasteiger partial charge in [0.15, 0.2) is 5.13 Å². The predicted octanol–water partition coefficient (Wildman–Crippen LogP) is 3.49. The summed E-state index contributed by atoms with van der Waals surface area (Å²) in [5.41, 5.74) is 0.850. The summed E-state index contributed by atoms with van der Waals surface area (Å²) >= 11 is 3.01. The molecule has 0 fully saturated rings. The highest BCUT2D eigenvalue weighted by molar-refractivity contribution is 7.17. The summed E-state index contributed by atoms with van der Waals surface area (Å²) in [6, 6.07) is 3.96. The monoisotopic (exact) mass is 337 g/mol. The Morgan fingerprint density at radius 1 is 1.36 bits per heavy atom. The standard InChI is InChI=1S/C15H19N3O2S2/c1-4-9(2)14(20)18-15-17-12(8-21-15)13-6-5-11(22-13)7-16-10(3)19/h5-6,8-9H,4,7H2,1-3H3,(H,16,19)(H,17,18,20)/t9-/m0/s1. The van der Waals surface area contributed by atoms with Crippen LogP contribution >= 0.6 is 22.7 Å². The molecule has 2 heterocycles. The van der Waals surface area contributed by atoms with Crippen LogP contribution in [0.25, 0.3) is 10.6 Å². The van der Waals surface area contributed by atoms with Crippen molar-refractivity contribution >= 4 is 39.6 Å². The minimum atomic E-state index is -0.0429. The smallest absolute Gasteiger partial charge is 0.228 e. The molecule has 0 aromatic carbocycles. The van der Waals surface area contributed by atoms with Gasteiger partial charge in [0.2, 0.25) is 11.8 Å². The number of amides is 2. The third-order valence-electron chi connectivity index (χ3n) is 3.22. The third-order valence-corrected chi connectivity index (χ3v) is 5.09. The van der Waals surface area contributed by atoms with Crippen molar-refractivity contribution in [3.05, 3.63) is 22.4 Å². The van der Waals surface area contributed by atoms with Crippen LogP contribution in [0.2, 0.25) is 0 Å². The van der Waals surface area contributed by atoms with Crippen molar-refractivity contribution in [2.24, 2.45) is 5.92 Å². The highest BCUT2D eigenvalue weighted by atomic mass is 32.1. The van der Waals surface area contributed by atoms with Gasteiger partial charge in [-0.2, -0.15) is 0 Å². The quantitative estimate of drug-likeness (QED) is 0.847. The molecule has 2 amide bonds. The number of carbonyl (C=O) groups is 2. The van der Waals surface area contributed by atoms with Crippen molar-refractivity contribution in [1.29, 1.82) is 0 Å². The van der Waals surface area contributed by atoms with E-state index in [0.29, 0.717) is 11.7 Å². The van der Waals surface area contributed by atoms with Crippen LogP contribution in [0.3, 0.4) is 0 Å². The lowest BCUT2D eigenvalue weighted by Crippen LogP contribution is -2.19. The fourth-order valence-corrected chi connectivity index (χ4v) is 3.38. The molecule has 0 spiro atoms. The SMILES string of the molecule is CC[C@H](C)C(=O)Nc1nc(-c2ccc(CNC(C)=O)s2)cs1. The summed E-state index contributed by atoms with van der Waals surface area (Å²) in [7, 11) is 0. The first-order valence-corrected chi connectivity index (χ1v) is 8.79. The van der Waals surface area contributed by atoms with Crippen LogP contribution in [0.15, 0.2) is 17.5 Å². The Bertz CT molecular complexity index is 663. The molecule has 1 atom stereocenters. The van der Waals surface area contributed by atoms with E-state index < -0.39 is 0 Å². The molecule has 0 aliphatic rings. The number of nitrogens with zero attached hydrogens (tertiary/aromatic N) is 1. The molecule has 0 saturated heterocycles. The van der Waals surface area contributed by atoms with E-state index in [1.807, 2.05) is 31.4 Å². The molecule has 2 aromatic heterocycles. The van der Waals surface area contributed by atoms with Crippen LogP contribution in [-0.4, -0.2) is 16.8 Å². The normalized spacial score (nSPS) is 12.0. The molecule has 2 N–H and O–H groups in total. The van der Waals surface area contributed by atoms with Crippen molar-refractivity contribution in [1.82, 2.24) is 10.3 Å². The number of hydrogen-bond acceptors (Lipinski definition) is 5. The second-order valence-electron chi connectivity index (χ2n) is 5.01. The topological polar surface area (TPSA) is 71.1 Å². The van der Waals surface area contributed by atoms with E-state index in [9.17, 15) is 9.59 Å². The van der Waals surface area contributed by atoms with Gasteiger partial charge in [0.05, 0.1) is 17.1 Å². The molecule has 0 aliphatic heterocycles. The van der Waals surface area contributed by atoms with Crippen molar-refractivity contribution in [2.45, 2.75) is 33.7 Å². The third kappa shape index (κ3) is 4.38.